The molecule has 186 valence electrons. The van der Waals surface area contributed by atoms with E-state index in [1.165, 1.54) is 5.56 Å². The highest BCUT2D eigenvalue weighted by Gasteiger charge is 2.10. The molecule has 1 aromatic heterocycles. The molecule has 1 heterocycles. The van der Waals surface area contributed by atoms with Gasteiger partial charge in [0.15, 0.2) is 0 Å². The van der Waals surface area contributed by atoms with Gasteiger partial charge in [0.25, 0.3) is 5.56 Å². The zero-order chi connectivity index (χ0) is 25.5. The van der Waals surface area contributed by atoms with Gasteiger partial charge in [-0.25, -0.2) is 0 Å². The summed E-state index contributed by atoms with van der Waals surface area (Å²) in [6, 6.07) is 23.5. The number of aromatic amines is 1. The van der Waals surface area contributed by atoms with Gasteiger partial charge >= 0.3 is 0 Å². The van der Waals surface area contributed by atoms with Crippen LogP contribution in [0, 0.1) is 13.8 Å². The van der Waals surface area contributed by atoms with Crippen LogP contribution in [-0.4, -0.2) is 21.3 Å². The third kappa shape index (κ3) is 6.31. The fraction of sp³-hybridized carbons (Fsp3) is 0.241. The molecular formula is C29H32N4O3. The van der Waals surface area contributed by atoms with Crippen molar-refractivity contribution < 1.29 is 9.90 Å². The molecule has 1 amide bonds. The molecule has 0 aliphatic carbocycles. The standard InChI is InChI=1S/C29H32N4O3/c1-20-7-10-23(18-27(20)30-19-34)28(35)6-4-3-5-22-8-11-24(12-9-22)31-25-13-15-26(16-14-25)33-21(2)17-29(36)32-33/h7-19,28,31,35H,3-6H2,1-2H3,(H,30,34)(H,32,36)/t28-/m0/s1. The maximum atomic E-state index is 11.5. The van der Waals surface area contributed by atoms with Gasteiger partial charge in [0.2, 0.25) is 6.41 Å². The molecule has 4 N–H and O–H groups in total. The summed E-state index contributed by atoms with van der Waals surface area (Å²) in [6.45, 7) is 3.82. The van der Waals surface area contributed by atoms with Crippen LogP contribution < -0.4 is 16.2 Å². The summed E-state index contributed by atoms with van der Waals surface area (Å²) in [5.41, 5.74) is 7.41. The van der Waals surface area contributed by atoms with Crippen molar-refractivity contribution in [2.45, 2.75) is 45.6 Å². The van der Waals surface area contributed by atoms with Crippen molar-refractivity contribution in [1.29, 1.82) is 0 Å². The molecule has 7 heteroatoms. The molecule has 0 saturated heterocycles. The lowest BCUT2D eigenvalue weighted by atomic mass is 9.99. The Morgan fingerprint density at radius 3 is 2.28 bits per heavy atom. The lowest BCUT2D eigenvalue weighted by Crippen LogP contribution is -2.04. The highest BCUT2D eigenvalue weighted by molar-refractivity contribution is 5.73. The lowest BCUT2D eigenvalue weighted by Gasteiger charge is -2.14. The van der Waals surface area contributed by atoms with Gasteiger partial charge < -0.3 is 15.7 Å². The second-order valence-electron chi connectivity index (χ2n) is 9.06. The highest BCUT2D eigenvalue weighted by atomic mass is 16.3. The first-order valence-corrected chi connectivity index (χ1v) is 12.2. The van der Waals surface area contributed by atoms with Crippen LogP contribution in [0.15, 0.2) is 77.6 Å². The maximum Gasteiger partial charge on any atom is 0.264 e. The second-order valence-corrected chi connectivity index (χ2v) is 9.06. The van der Waals surface area contributed by atoms with Crippen LogP contribution in [0.25, 0.3) is 5.69 Å². The Balaban J connectivity index is 1.24. The number of carbonyl (C=O) groups excluding carboxylic acids is 1. The maximum absolute atomic E-state index is 11.5. The van der Waals surface area contributed by atoms with Gasteiger partial charge in [0.1, 0.15) is 0 Å². The normalized spacial score (nSPS) is 11.8. The highest BCUT2D eigenvalue weighted by Crippen LogP contribution is 2.25. The number of nitrogens with zero attached hydrogens (tertiary/aromatic N) is 1. The molecule has 4 rings (SSSR count). The van der Waals surface area contributed by atoms with Crippen LogP contribution in [0.5, 0.6) is 0 Å². The first-order chi connectivity index (χ1) is 17.4. The summed E-state index contributed by atoms with van der Waals surface area (Å²) in [6.07, 6.45) is 3.63. The molecule has 0 fully saturated rings. The number of hydrogen-bond donors (Lipinski definition) is 4. The van der Waals surface area contributed by atoms with Gasteiger partial charge in [-0.1, -0.05) is 30.7 Å². The van der Waals surface area contributed by atoms with Gasteiger partial charge in [-0.15, -0.1) is 0 Å². The van der Waals surface area contributed by atoms with Gasteiger partial charge in [-0.3, -0.25) is 19.4 Å². The summed E-state index contributed by atoms with van der Waals surface area (Å²) in [7, 11) is 0. The minimum absolute atomic E-state index is 0.112. The molecule has 0 radical (unpaired) electrons. The molecule has 0 aliphatic rings. The van der Waals surface area contributed by atoms with E-state index < -0.39 is 6.10 Å². The Morgan fingerprint density at radius 2 is 1.64 bits per heavy atom. The number of aliphatic hydroxyl groups excluding tert-OH is 1. The van der Waals surface area contributed by atoms with E-state index in [-0.39, 0.29) is 5.56 Å². The van der Waals surface area contributed by atoms with Crippen LogP contribution in [0.4, 0.5) is 17.1 Å². The molecule has 0 unspecified atom stereocenters. The molecular weight excluding hydrogens is 452 g/mol. The van der Waals surface area contributed by atoms with Crippen molar-refractivity contribution in [2.75, 3.05) is 10.6 Å². The number of rotatable bonds is 11. The molecule has 3 aromatic carbocycles. The van der Waals surface area contributed by atoms with Gasteiger partial charge in [0, 0.05) is 28.8 Å². The number of unbranched alkanes of at least 4 members (excludes halogenated alkanes) is 1. The first kappa shape index (κ1) is 25.0. The Bertz CT molecular complexity index is 1350. The smallest absolute Gasteiger partial charge is 0.264 e. The van der Waals surface area contributed by atoms with E-state index in [9.17, 15) is 14.7 Å². The van der Waals surface area contributed by atoms with E-state index >= 15 is 0 Å². The number of benzene rings is 3. The van der Waals surface area contributed by atoms with Gasteiger partial charge in [0.05, 0.1) is 11.8 Å². The molecule has 0 aliphatic heterocycles. The number of aryl methyl sites for hydroxylation is 3. The summed E-state index contributed by atoms with van der Waals surface area (Å²) in [5.74, 6) is 0. The molecule has 4 aromatic rings. The molecule has 0 spiro atoms. The zero-order valence-corrected chi connectivity index (χ0v) is 20.6. The van der Waals surface area contributed by atoms with Crippen molar-refractivity contribution in [3.05, 3.63) is 106 Å². The van der Waals surface area contributed by atoms with Crippen LogP contribution in [0.1, 0.15) is 47.8 Å². The van der Waals surface area contributed by atoms with Gasteiger partial charge in [-0.2, -0.15) is 0 Å². The van der Waals surface area contributed by atoms with Crippen LogP contribution in [0.3, 0.4) is 0 Å². The van der Waals surface area contributed by atoms with E-state index in [0.717, 1.165) is 58.8 Å². The fourth-order valence-corrected chi connectivity index (χ4v) is 4.27. The summed E-state index contributed by atoms with van der Waals surface area (Å²) < 4.78 is 1.77. The number of aliphatic hydroxyl groups is 1. The number of aromatic nitrogens is 2. The third-order valence-electron chi connectivity index (χ3n) is 6.34. The van der Waals surface area contributed by atoms with Crippen LogP contribution in [0.2, 0.25) is 0 Å². The van der Waals surface area contributed by atoms with E-state index in [4.69, 9.17) is 0 Å². The summed E-state index contributed by atoms with van der Waals surface area (Å²) in [5, 5.41) is 19.4. The molecule has 1 atom stereocenters. The monoisotopic (exact) mass is 484 g/mol. The SMILES string of the molecule is Cc1ccc([C@@H](O)CCCCc2ccc(Nc3ccc(-n4[nH]c(=O)cc4C)cc3)cc2)cc1NC=O. The Hall–Kier alpha value is -4.10. The molecule has 0 bridgehead atoms. The summed E-state index contributed by atoms with van der Waals surface area (Å²) in [4.78, 5) is 22.3. The topological polar surface area (TPSA) is 99.2 Å². The van der Waals surface area contributed by atoms with Crippen LogP contribution in [-0.2, 0) is 11.2 Å². The lowest BCUT2D eigenvalue weighted by molar-refractivity contribution is -0.105. The molecule has 7 nitrogen and oxygen atoms in total. The quantitative estimate of drug-likeness (QED) is 0.166. The number of hydrogen-bond acceptors (Lipinski definition) is 4. The fourth-order valence-electron chi connectivity index (χ4n) is 4.27. The summed E-state index contributed by atoms with van der Waals surface area (Å²) >= 11 is 0. The third-order valence-corrected chi connectivity index (χ3v) is 6.34. The number of nitrogens with one attached hydrogen (secondary N) is 3. The minimum Gasteiger partial charge on any atom is -0.388 e. The zero-order valence-electron chi connectivity index (χ0n) is 20.6. The van der Waals surface area contributed by atoms with Crippen molar-refractivity contribution in [3.63, 3.8) is 0 Å². The number of carbonyl (C=O) groups is 1. The first-order valence-electron chi connectivity index (χ1n) is 12.2. The van der Waals surface area contributed by atoms with Crippen molar-refractivity contribution in [3.8, 4) is 5.69 Å². The van der Waals surface area contributed by atoms with Gasteiger partial charge in [-0.05, 0) is 92.3 Å². The molecule has 0 saturated carbocycles. The Morgan fingerprint density at radius 1 is 0.944 bits per heavy atom. The number of anilines is 3. The van der Waals surface area contributed by atoms with Crippen molar-refractivity contribution in [2.24, 2.45) is 0 Å². The van der Waals surface area contributed by atoms with E-state index in [1.807, 2.05) is 56.3 Å². The van der Waals surface area contributed by atoms with Crippen molar-refractivity contribution in [1.82, 2.24) is 9.78 Å². The minimum atomic E-state index is -0.544. The Kier molecular flexibility index (Phi) is 8.02. The largest absolute Gasteiger partial charge is 0.388 e. The van der Waals surface area contributed by atoms with Crippen LogP contribution >= 0.6 is 0 Å². The second kappa shape index (κ2) is 11.6. The van der Waals surface area contributed by atoms with Crippen molar-refractivity contribution >= 4 is 23.5 Å². The predicted octanol–water partition coefficient (Wildman–Crippen LogP) is 5.54. The number of H-pyrrole nitrogens is 1. The average Bonchev–Trinajstić information content (AvgIpc) is 3.22. The molecule has 36 heavy (non-hydrogen) atoms. The number of amides is 1. The van der Waals surface area contributed by atoms with E-state index in [2.05, 4.69) is 40.0 Å². The van der Waals surface area contributed by atoms with E-state index in [0.29, 0.717) is 12.8 Å². The average molecular weight is 485 g/mol. The Labute approximate surface area is 210 Å². The van der Waals surface area contributed by atoms with E-state index in [1.54, 1.807) is 10.7 Å². The predicted molar refractivity (Wildman–Crippen MR) is 144 cm³/mol.